The van der Waals surface area contributed by atoms with Crippen LogP contribution in [0.3, 0.4) is 0 Å². The molecule has 2 aromatic heterocycles. The monoisotopic (exact) mass is 287 g/mol. The lowest BCUT2D eigenvalue weighted by Gasteiger charge is -2.31. The van der Waals surface area contributed by atoms with E-state index < -0.39 is 0 Å². The van der Waals surface area contributed by atoms with Crippen LogP contribution in [0.1, 0.15) is 19.3 Å². The summed E-state index contributed by atoms with van der Waals surface area (Å²) in [6.07, 6.45) is 10.7. The Morgan fingerprint density at radius 2 is 1.86 bits per heavy atom. The van der Waals surface area contributed by atoms with Crippen LogP contribution in [0.4, 0.5) is 0 Å². The second-order valence-corrected chi connectivity index (χ2v) is 5.31. The molecule has 112 valence electrons. The molecule has 3 heterocycles. The quantitative estimate of drug-likeness (QED) is 0.808. The second kappa shape index (κ2) is 7.17. The van der Waals surface area contributed by atoms with E-state index in [0.717, 1.165) is 45.4 Å². The van der Waals surface area contributed by atoms with E-state index in [-0.39, 0.29) is 6.10 Å². The van der Waals surface area contributed by atoms with Crippen molar-refractivity contribution in [2.45, 2.75) is 31.9 Å². The van der Waals surface area contributed by atoms with E-state index in [2.05, 4.69) is 20.0 Å². The van der Waals surface area contributed by atoms with Gasteiger partial charge in [-0.25, -0.2) is 9.97 Å². The van der Waals surface area contributed by atoms with Crippen LogP contribution in [0.5, 0.6) is 6.01 Å². The van der Waals surface area contributed by atoms with Crippen molar-refractivity contribution in [2.24, 2.45) is 0 Å². The first-order chi connectivity index (χ1) is 10.4. The molecular formula is C15H21N5O. The van der Waals surface area contributed by atoms with Gasteiger partial charge in [-0.05, 0) is 37.9 Å². The molecule has 0 aliphatic carbocycles. The number of nitrogens with zero attached hydrogens (tertiary/aromatic N) is 5. The molecule has 1 saturated heterocycles. The maximum Gasteiger partial charge on any atom is 0.316 e. The molecule has 0 amide bonds. The summed E-state index contributed by atoms with van der Waals surface area (Å²) in [5, 5.41) is 4.22. The zero-order valence-electron chi connectivity index (χ0n) is 12.1. The van der Waals surface area contributed by atoms with Gasteiger partial charge in [0.15, 0.2) is 0 Å². The summed E-state index contributed by atoms with van der Waals surface area (Å²) in [7, 11) is 0. The predicted octanol–water partition coefficient (Wildman–Crippen LogP) is 1.61. The number of aryl methyl sites for hydroxylation is 1. The molecule has 0 saturated carbocycles. The van der Waals surface area contributed by atoms with Gasteiger partial charge in [0.25, 0.3) is 0 Å². The summed E-state index contributed by atoms with van der Waals surface area (Å²) in [4.78, 5) is 10.7. The summed E-state index contributed by atoms with van der Waals surface area (Å²) < 4.78 is 7.79. The van der Waals surface area contributed by atoms with Gasteiger partial charge >= 0.3 is 6.01 Å². The fourth-order valence-electron chi connectivity index (χ4n) is 2.64. The van der Waals surface area contributed by atoms with Crippen LogP contribution >= 0.6 is 0 Å². The molecule has 1 fully saturated rings. The fourth-order valence-corrected chi connectivity index (χ4v) is 2.64. The van der Waals surface area contributed by atoms with Crippen LogP contribution in [0.15, 0.2) is 36.9 Å². The molecule has 2 aromatic rings. The van der Waals surface area contributed by atoms with Crippen LogP contribution in [-0.4, -0.2) is 50.4 Å². The van der Waals surface area contributed by atoms with Gasteiger partial charge in [0.1, 0.15) is 6.10 Å². The zero-order valence-corrected chi connectivity index (χ0v) is 12.1. The Bertz CT molecular complexity index is 508. The highest BCUT2D eigenvalue weighted by Gasteiger charge is 2.20. The number of hydrogen-bond acceptors (Lipinski definition) is 5. The molecule has 3 rings (SSSR count). The Balaban J connectivity index is 1.35. The lowest BCUT2D eigenvalue weighted by atomic mass is 10.1. The van der Waals surface area contributed by atoms with E-state index in [9.17, 15) is 0 Å². The van der Waals surface area contributed by atoms with Gasteiger partial charge in [0.05, 0.1) is 0 Å². The molecule has 1 aliphatic rings. The predicted molar refractivity (Wildman–Crippen MR) is 79.0 cm³/mol. The molecule has 0 atom stereocenters. The molecule has 0 radical (unpaired) electrons. The van der Waals surface area contributed by atoms with E-state index in [0.29, 0.717) is 6.01 Å². The highest BCUT2D eigenvalue weighted by atomic mass is 16.5. The first kappa shape index (κ1) is 14.0. The number of ether oxygens (including phenoxy) is 1. The van der Waals surface area contributed by atoms with E-state index in [1.807, 2.05) is 23.1 Å². The molecular weight excluding hydrogens is 266 g/mol. The van der Waals surface area contributed by atoms with Crippen molar-refractivity contribution in [1.29, 1.82) is 0 Å². The van der Waals surface area contributed by atoms with Gasteiger partial charge in [-0.3, -0.25) is 4.68 Å². The van der Waals surface area contributed by atoms with E-state index in [1.165, 1.54) is 0 Å². The van der Waals surface area contributed by atoms with Crippen molar-refractivity contribution in [1.82, 2.24) is 24.6 Å². The third kappa shape index (κ3) is 4.26. The number of likely N-dealkylation sites (tertiary alicyclic amines) is 1. The Hall–Kier alpha value is -1.95. The summed E-state index contributed by atoms with van der Waals surface area (Å²) >= 11 is 0. The molecule has 1 aliphatic heterocycles. The lowest BCUT2D eigenvalue weighted by molar-refractivity contribution is 0.0914. The average molecular weight is 287 g/mol. The SMILES string of the molecule is c1cnc(OC2CCN(CCCn3cccn3)CC2)nc1. The normalized spacial score (nSPS) is 17.0. The van der Waals surface area contributed by atoms with E-state index in [4.69, 9.17) is 4.74 Å². The fraction of sp³-hybridized carbons (Fsp3) is 0.533. The number of rotatable bonds is 6. The molecule has 6 heteroatoms. The van der Waals surface area contributed by atoms with Crippen LogP contribution in [0, 0.1) is 0 Å². The lowest BCUT2D eigenvalue weighted by Crippen LogP contribution is -2.39. The summed E-state index contributed by atoms with van der Waals surface area (Å²) in [5.41, 5.74) is 0. The molecule has 0 aromatic carbocycles. The highest BCUT2D eigenvalue weighted by Crippen LogP contribution is 2.15. The summed E-state index contributed by atoms with van der Waals surface area (Å²) in [5.74, 6) is 0. The van der Waals surface area contributed by atoms with Gasteiger partial charge in [-0.2, -0.15) is 5.10 Å². The van der Waals surface area contributed by atoms with Gasteiger partial charge in [0, 0.05) is 44.4 Å². The first-order valence-corrected chi connectivity index (χ1v) is 7.53. The number of piperidine rings is 1. The molecule has 21 heavy (non-hydrogen) atoms. The maximum atomic E-state index is 5.80. The van der Waals surface area contributed by atoms with Crippen LogP contribution in [0.2, 0.25) is 0 Å². The minimum absolute atomic E-state index is 0.245. The highest BCUT2D eigenvalue weighted by molar-refractivity contribution is 4.94. The summed E-state index contributed by atoms with van der Waals surface area (Å²) in [6, 6.07) is 4.26. The molecule has 0 spiro atoms. The van der Waals surface area contributed by atoms with Crippen molar-refractivity contribution in [3.63, 3.8) is 0 Å². The smallest absolute Gasteiger partial charge is 0.316 e. The Kier molecular flexibility index (Phi) is 4.78. The minimum Gasteiger partial charge on any atom is -0.460 e. The Morgan fingerprint density at radius 1 is 1.05 bits per heavy atom. The Labute approximate surface area is 124 Å². The third-order valence-corrected chi connectivity index (χ3v) is 3.77. The molecule has 6 nitrogen and oxygen atoms in total. The third-order valence-electron chi connectivity index (χ3n) is 3.77. The number of hydrogen-bond donors (Lipinski definition) is 0. The van der Waals surface area contributed by atoms with Crippen LogP contribution in [0.25, 0.3) is 0 Å². The van der Waals surface area contributed by atoms with Crippen molar-refractivity contribution in [3.8, 4) is 6.01 Å². The second-order valence-electron chi connectivity index (χ2n) is 5.31. The van der Waals surface area contributed by atoms with Crippen LogP contribution in [-0.2, 0) is 6.54 Å². The standard InChI is InChI=1S/C15H21N5O/c1-6-16-15(17-7-1)21-14-4-12-19(13-5-14)9-3-11-20-10-2-8-18-20/h1-2,6-8,10,14H,3-5,9,11-13H2. The minimum atomic E-state index is 0.245. The molecule has 0 bridgehead atoms. The van der Waals surface area contributed by atoms with Crippen LogP contribution < -0.4 is 4.74 Å². The van der Waals surface area contributed by atoms with E-state index in [1.54, 1.807) is 18.5 Å². The van der Waals surface area contributed by atoms with Gasteiger partial charge in [0.2, 0.25) is 0 Å². The van der Waals surface area contributed by atoms with Crippen molar-refractivity contribution >= 4 is 0 Å². The van der Waals surface area contributed by atoms with Gasteiger partial charge in [-0.15, -0.1) is 0 Å². The van der Waals surface area contributed by atoms with Crippen molar-refractivity contribution in [3.05, 3.63) is 36.9 Å². The largest absolute Gasteiger partial charge is 0.460 e. The summed E-state index contributed by atoms with van der Waals surface area (Å²) in [6.45, 7) is 4.27. The van der Waals surface area contributed by atoms with Crippen molar-refractivity contribution < 1.29 is 4.74 Å². The van der Waals surface area contributed by atoms with E-state index >= 15 is 0 Å². The topological polar surface area (TPSA) is 56.1 Å². The Morgan fingerprint density at radius 3 is 2.57 bits per heavy atom. The van der Waals surface area contributed by atoms with Gasteiger partial charge in [-0.1, -0.05) is 0 Å². The molecule has 0 unspecified atom stereocenters. The maximum absolute atomic E-state index is 5.80. The van der Waals surface area contributed by atoms with Gasteiger partial charge < -0.3 is 9.64 Å². The first-order valence-electron chi connectivity index (χ1n) is 7.53. The average Bonchev–Trinajstić information content (AvgIpc) is 3.03. The van der Waals surface area contributed by atoms with Crippen molar-refractivity contribution in [2.75, 3.05) is 19.6 Å². The molecule has 0 N–H and O–H groups in total. The zero-order chi connectivity index (χ0) is 14.3. The number of aromatic nitrogens is 4.